The Morgan fingerprint density at radius 2 is 1.95 bits per heavy atom. The molecule has 20 heavy (non-hydrogen) atoms. The van der Waals surface area contributed by atoms with Gasteiger partial charge in [-0.3, -0.25) is 0 Å². The number of rotatable bonds is 6. The van der Waals surface area contributed by atoms with E-state index in [1.165, 1.54) is 57.9 Å². The fraction of sp³-hybridized carbons (Fsp3) is 0.941. The molecule has 2 aliphatic rings. The molecule has 0 amide bonds. The lowest BCUT2D eigenvalue weighted by atomic mass is 9.85. The van der Waals surface area contributed by atoms with E-state index >= 15 is 0 Å². The van der Waals surface area contributed by atoms with Crippen LogP contribution in [0.15, 0.2) is 0 Å². The van der Waals surface area contributed by atoms with Crippen molar-refractivity contribution in [2.75, 3.05) is 20.1 Å². The fourth-order valence-electron chi connectivity index (χ4n) is 4.37. The first-order valence-electron chi connectivity index (χ1n) is 8.60. The Labute approximate surface area is 124 Å². The van der Waals surface area contributed by atoms with Gasteiger partial charge in [-0.1, -0.05) is 32.6 Å². The summed E-state index contributed by atoms with van der Waals surface area (Å²) >= 11 is 0. The van der Waals surface area contributed by atoms with E-state index in [2.05, 4.69) is 23.2 Å². The third-order valence-electron chi connectivity index (χ3n) is 5.73. The molecule has 3 heteroatoms. The van der Waals surface area contributed by atoms with E-state index in [1.54, 1.807) is 0 Å². The van der Waals surface area contributed by atoms with Gasteiger partial charge in [0.1, 0.15) is 5.54 Å². The van der Waals surface area contributed by atoms with Gasteiger partial charge in [0.15, 0.2) is 0 Å². The van der Waals surface area contributed by atoms with Gasteiger partial charge in [0.05, 0.1) is 6.07 Å². The average molecular weight is 277 g/mol. The highest BCUT2D eigenvalue weighted by atomic mass is 15.1. The Bertz CT molecular complexity index is 330. The highest BCUT2D eigenvalue weighted by molar-refractivity contribution is 5.13. The highest BCUT2D eigenvalue weighted by Crippen LogP contribution is 2.37. The fourth-order valence-corrected chi connectivity index (χ4v) is 4.37. The summed E-state index contributed by atoms with van der Waals surface area (Å²) in [6.45, 7) is 4.63. The zero-order chi connectivity index (χ0) is 14.4. The largest absolute Gasteiger partial charge is 0.302 e. The maximum Gasteiger partial charge on any atom is 0.109 e. The van der Waals surface area contributed by atoms with Crippen LogP contribution < -0.4 is 5.32 Å². The third-order valence-corrected chi connectivity index (χ3v) is 5.73. The smallest absolute Gasteiger partial charge is 0.109 e. The molecule has 3 nitrogen and oxygen atoms in total. The Hall–Kier alpha value is -0.590. The van der Waals surface area contributed by atoms with Gasteiger partial charge in [0, 0.05) is 6.04 Å². The van der Waals surface area contributed by atoms with Crippen molar-refractivity contribution < 1.29 is 0 Å². The molecule has 0 aromatic rings. The summed E-state index contributed by atoms with van der Waals surface area (Å²) in [4.78, 5) is 2.68. The molecule has 1 N–H and O–H groups in total. The van der Waals surface area contributed by atoms with E-state index in [0.717, 1.165) is 19.0 Å². The molecule has 2 atom stereocenters. The lowest BCUT2D eigenvalue weighted by Gasteiger charge is -2.36. The molecule has 2 saturated carbocycles. The van der Waals surface area contributed by atoms with Crippen LogP contribution in [0.3, 0.4) is 0 Å². The summed E-state index contributed by atoms with van der Waals surface area (Å²) in [7, 11) is 1.96. The minimum atomic E-state index is -0.244. The van der Waals surface area contributed by atoms with E-state index in [9.17, 15) is 5.26 Å². The molecule has 2 rings (SSSR count). The zero-order valence-corrected chi connectivity index (χ0v) is 13.3. The number of nitrogens with zero attached hydrogens (tertiary/aromatic N) is 2. The second kappa shape index (κ2) is 7.43. The maximum absolute atomic E-state index is 9.53. The number of hydrogen-bond donors (Lipinski definition) is 1. The standard InChI is InChI=1S/C17H31N3/c1-3-20(16-9-5-4-6-10-16)13-11-15-8-7-12-17(15,14-18)19-2/h15-16,19H,3-13H2,1-2H3. The molecule has 0 spiro atoms. The third kappa shape index (κ3) is 3.35. The lowest BCUT2D eigenvalue weighted by molar-refractivity contribution is 0.146. The molecule has 2 fully saturated rings. The quantitative estimate of drug-likeness (QED) is 0.809. The van der Waals surface area contributed by atoms with E-state index in [4.69, 9.17) is 0 Å². The van der Waals surface area contributed by atoms with Gasteiger partial charge < -0.3 is 10.2 Å². The van der Waals surface area contributed by atoms with Crippen LogP contribution in [-0.4, -0.2) is 36.6 Å². The summed E-state index contributed by atoms with van der Waals surface area (Å²) in [6.07, 6.45) is 11.6. The van der Waals surface area contributed by atoms with Crippen LogP contribution in [-0.2, 0) is 0 Å². The summed E-state index contributed by atoms with van der Waals surface area (Å²) < 4.78 is 0. The molecular formula is C17H31N3. The molecular weight excluding hydrogens is 246 g/mol. The van der Waals surface area contributed by atoms with Crippen molar-refractivity contribution in [1.29, 1.82) is 5.26 Å². The number of nitrogens with one attached hydrogen (secondary N) is 1. The first-order chi connectivity index (χ1) is 9.75. The van der Waals surface area contributed by atoms with Gasteiger partial charge in [-0.05, 0) is 58.2 Å². The first kappa shape index (κ1) is 15.8. The van der Waals surface area contributed by atoms with Crippen molar-refractivity contribution in [3.63, 3.8) is 0 Å². The van der Waals surface area contributed by atoms with Gasteiger partial charge in [-0.25, -0.2) is 0 Å². The average Bonchev–Trinajstić information content (AvgIpc) is 2.92. The van der Waals surface area contributed by atoms with Gasteiger partial charge in [-0.15, -0.1) is 0 Å². The second-order valence-electron chi connectivity index (χ2n) is 6.63. The highest BCUT2D eigenvalue weighted by Gasteiger charge is 2.41. The Morgan fingerprint density at radius 3 is 2.55 bits per heavy atom. The second-order valence-corrected chi connectivity index (χ2v) is 6.63. The first-order valence-corrected chi connectivity index (χ1v) is 8.60. The minimum Gasteiger partial charge on any atom is -0.302 e. The van der Waals surface area contributed by atoms with E-state index < -0.39 is 0 Å². The monoisotopic (exact) mass is 277 g/mol. The van der Waals surface area contributed by atoms with Gasteiger partial charge in [0.25, 0.3) is 0 Å². The van der Waals surface area contributed by atoms with Crippen LogP contribution in [0.5, 0.6) is 0 Å². The maximum atomic E-state index is 9.53. The molecule has 0 bridgehead atoms. The summed E-state index contributed by atoms with van der Waals surface area (Å²) in [5, 5.41) is 12.9. The Balaban J connectivity index is 1.88. The van der Waals surface area contributed by atoms with E-state index in [1.807, 2.05) is 7.05 Å². The van der Waals surface area contributed by atoms with Crippen LogP contribution in [0.25, 0.3) is 0 Å². The normalized spacial score (nSPS) is 31.6. The number of hydrogen-bond acceptors (Lipinski definition) is 3. The number of nitriles is 1. The van der Waals surface area contributed by atoms with E-state index in [0.29, 0.717) is 5.92 Å². The van der Waals surface area contributed by atoms with Crippen LogP contribution in [0.1, 0.15) is 64.7 Å². The van der Waals surface area contributed by atoms with Crippen LogP contribution >= 0.6 is 0 Å². The van der Waals surface area contributed by atoms with Gasteiger partial charge >= 0.3 is 0 Å². The Kier molecular flexibility index (Phi) is 5.86. The zero-order valence-electron chi connectivity index (χ0n) is 13.3. The van der Waals surface area contributed by atoms with Crippen LogP contribution in [0, 0.1) is 17.2 Å². The Morgan fingerprint density at radius 1 is 1.20 bits per heavy atom. The molecule has 0 radical (unpaired) electrons. The topological polar surface area (TPSA) is 39.1 Å². The summed E-state index contributed by atoms with van der Waals surface area (Å²) in [6, 6.07) is 3.38. The van der Waals surface area contributed by atoms with Crippen molar-refractivity contribution in [3.05, 3.63) is 0 Å². The minimum absolute atomic E-state index is 0.244. The predicted octanol–water partition coefficient (Wildman–Crippen LogP) is 3.31. The van der Waals surface area contributed by atoms with Crippen molar-refractivity contribution in [2.45, 2.75) is 76.3 Å². The van der Waals surface area contributed by atoms with Crippen molar-refractivity contribution in [2.24, 2.45) is 5.92 Å². The molecule has 0 heterocycles. The van der Waals surface area contributed by atoms with Crippen molar-refractivity contribution in [1.82, 2.24) is 10.2 Å². The molecule has 0 saturated heterocycles. The van der Waals surface area contributed by atoms with Gasteiger partial charge in [0.2, 0.25) is 0 Å². The molecule has 0 aliphatic heterocycles. The van der Waals surface area contributed by atoms with Crippen LogP contribution in [0.2, 0.25) is 0 Å². The molecule has 0 aromatic heterocycles. The lowest BCUT2D eigenvalue weighted by Crippen LogP contribution is -2.46. The van der Waals surface area contributed by atoms with Gasteiger partial charge in [-0.2, -0.15) is 5.26 Å². The van der Waals surface area contributed by atoms with E-state index in [-0.39, 0.29) is 5.54 Å². The van der Waals surface area contributed by atoms with Crippen molar-refractivity contribution >= 4 is 0 Å². The van der Waals surface area contributed by atoms with Crippen LogP contribution in [0.4, 0.5) is 0 Å². The molecule has 2 aliphatic carbocycles. The van der Waals surface area contributed by atoms with Crippen molar-refractivity contribution in [3.8, 4) is 6.07 Å². The SMILES string of the molecule is CCN(CCC1CCCC1(C#N)NC)C1CCCCC1. The predicted molar refractivity (Wildman–Crippen MR) is 83.5 cm³/mol. The summed E-state index contributed by atoms with van der Waals surface area (Å²) in [5.74, 6) is 0.537. The summed E-state index contributed by atoms with van der Waals surface area (Å²) in [5.41, 5.74) is -0.244. The molecule has 114 valence electrons. The molecule has 2 unspecified atom stereocenters. The molecule has 0 aromatic carbocycles.